The van der Waals surface area contributed by atoms with Crippen LogP contribution in [0.5, 0.6) is 0 Å². The van der Waals surface area contributed by atoms with Gasteiger partial charge in [-0.05, 0) is 47.7 Å². The second-order valence-electron chi connectivity index (χ2n) is 10.4. The maximum absolute atomic E-state index is 10.6. The molecule has 0 saturated carbocycles. The zero-order valence-corrected chi connectivity index (χ0v) is 30.7. The molecule has 0 radical (unpaired) electrons. The monoisotopic (exact) mass is 768 g/mol. The molecule has 49 heavy (non-hydrogen) atoms. The second kappa shape index (κ2) is 20.1. The van der Waals surface area contributed by atoms with Crippen LogP contribution in [0.25, 0.3) is 0 Å². The van der Waals surface area contributed by atoms with Crippen molar-refractivity contribution in [2.24, 2.45) is 0 Å². The average molecular weight is 768 g/mol. The summed E-state index contributed by atoms with van der Waals surface area (Å²) in [4.78, 5) is 41.8. The van der Waals surface area contributed by atoms with Gasteiger partial charge in [0.25, 0.3) is 0 Å². The fraction of sp³-hybridized carbons (Fsp3) is 0.0476. The number of ketones is 2. The Hall–Kier alpha value is -4.52. The molecule has 6 aromatic carbocycles. The molecule has 4 nitrogen and oxygen atoms in total. The van der Waals surface area contributed by atoms with Crippen molar-refractivity contribution in [2.75, 3.05) is 0 Å². The Morgan fingerprint density at radius 3 is 0.633 bits per heavy atom. The number of rotatable bonds is 10. The average Bonchev–Trinajstić information content (AvgIpc) is 3.15. The molecule has 7 heteroatoms. The minimum absolute atomic E-state index is 0.446. The predicted octanol–water partition coefficient (Wildman–Crippen LogP) is 6.19. The van der Waals surface area contributed by atoms with Crippen LogP contribution < -0.4 is 31.8 Å². The fourth-order valence-corrected chi connectivity index (χ4v) is 10.1. The van der Waals surface area contributed by atoms with Crippen molar-refractivity contribution < 1.29 is 36.3 Å². The summed E-state index contributed by atoms with van der Waals surface area (Å²) >= 11 is -1.38. The number of carbonyl (C=O) groups excluding carboxylic acids is 4. The molecule has 6 rings (SSSR count). The van der Waals surface area contributed by atoms with Gasteiger partial charge in [-0.15, -0.1) is 0 Å². The summed E-state index contributed by atoms with van der Waals surface area (Å²) < 4.78 is -1.45. The topological polar surface area (TPSA) is 68.3 Å². The second-order valence-corrected chi connectivity index (χ2v) is 16.9. The van der Waals surface area contributed by atoms with Crippen molar-refractivity contribution in [1.82, 2.24) is 0 Å². The van der Waals surface area contributed by atoms with E-state index < -0.39 is 53.3 Å². The van der Waals surface area contributed by atoms with Crippen LogP contribution in [0, 0.1) is 0 Å². The summed E-state index contributed by atoms with van der Waals surface area (Å²) in [5.74, 6) is -1.31. The van der Waals surface area contributed by atoms with Crippen LogP contribution in [-0.4, -0.2) is 20.3 Å². The normalized spacial score (nSPS) is 10.3. The Balaban J connectivity index is 0.000000173. The summed E-state index contributed by atoms with van der Waals surface area (Å²) in [7, 11) is -0.892. The number of hydrogen-bond acceptors (Lipinski definition) is 4. The van der Waals surface area contributed by atoms with E-state index in [-0.39, 0.29) is 0 Å². The number of benzene rings is 6. The first-order chi connectivity index (χ1) is 23.8. The van der Waals surface area contributed by atoms with Gasteiger partial charge in [-0.1, -0.05) is 182 Å². The Bertz CT molecular complexity index is 1580. The van der Waals surface area contributed by atoms with Crippen LogP contribution in [0.3, 0.4) is 0 Å². The minimum atomic E-state index is -1.38. The van der Waals surface area contributed by atoms with Crippen molar-refractivity contribution in [3.05, 3.63) is 182 Å². The van der Waals surface area contributed by atoms with E-state index in [9.17, 15) is 19.2 Å². The SMILES string of the molecule is CC(=O)[C](=O)[Ru][C](=O)C(C)=O.c1ccc(P(c2ccccc2)c2ccccc2)cc1.c1ccc(P(c2ccccc2)c2ccccc2)cc1. The van der Waals surface area contributed by atoms with Gasteiger partial charge < -0.3 is 0 Å². The quantitative estimate of drug-likeness (QED) is 0.0949. The molecule has 0 unspecified atom stereocenters. The first kappa shape index (κ1) is 37.3. The molecule has 0 aliphatic heterocycles. The van der Waals surface area contributed by atoms with E-state index in [0.29, 0.717) is 0 Å². The van der Waals surface area contributed by atoms with E-state index in [1.165, 1.54) is 31.8 Å². The standard InChI is InChI=1S/2C18H15P.2C3H3O2.Ru/c2*1-4-10-16(11-5-1)19(17-12-6-2-7-13-17)18-14-8-3-9-15-18;2*1-3(5)2-4;/h2*1-15H;2*1H3;. The predicted molar refractivity (Wildman–Crippen MR) is 202 cm³/mol. The minimum Gasteiger partial charge on any atom is -0.0622 e. The van der Waals surface area contributed by atoms with Gasteiger partial charge in [0.2, 0.25) is 0 Å². The molecule has 0 saturated heterocycles. The maximum atomic E-state index is 10.6. The summed E-state index contributed by atoms with van der Waals surface area (Å²) in [5.41, 5.74) is 0. The Kier molecular flexibility index (Phi) is 15.3. The third kappa shape index (κ3) is 11.8. The van der Waals surface area contributed by atoms with Gasteiger partial charge >= 0.3 is 70.5 Å². The third-order valence-electron chi connectivity index (χ3n) is 6.78. The number of hydrogen-bond donors (Lipinski definition) is 0. The van der Waals surface area contributed by atoms with Crippen molar-refractivity contribution in [3.8, 4) is 0 Å². The van der Waals surface area contributed by atoms with E-state index in [2.05, 4.69) is 182 Å². The smallest absolute Gasteiger partial charge is 0.0134 e. The van der Waals surface area contributed by atoms with Crippen LogP contribution in [0.4, 0.5) is 0 Å². The molecule has 0 heterocycles. The molecule has 0 spiro atoms. The van der Waals surface area contributed by atoms with Crippen LogP contribution in [0.15, 0.2) is 182 Å². The van der Waals surface area contributed by atoms with E-state index in [0.717, 1.165) is 13.8 Å². The van der Waals surface area contributed by atoms with Crippen molar-refractivity contribution >= 4 is 68.0 Å². The molecule has 0 atom stereocenters. The van der Waals surface area contributed by atoms with Gasteiger partial charge in [-0.3, -0.25) is 0 Å². The molecule has 246 valence electrons. The first-order valence-corrected chi connectivity index (χ1v) is 19.9. The van der Waals surface area contributed by atoms with Gasteiger partial charge in [0, 0.05) is 0 Å². The van der Waals surface area contributed by atoms with Crippen molar-refractivity contribution in [1.29, 1.82) is 0 Å². The van der Waals surface area contributed by atoms with Crippen molar-refractivity contribution in [3.63, 3.8) is 0 Å². The molecule has 0 fully saturated rings. The van der Waals surface area contributed by atoms with Gasteiger partial charge in [0.1, 0.15) is 0 Å². The van der Waals surface area contributed by atoms with E-state index in [1.807, 2.05) is 0 Å². The molecule has 0 amide bonds. The van der Waals surface area contributed by atoms with E-state index >= 15 is 0 Å². The van der Waals surface area contributed by atoms with Crippen molar-refractivity contribution in [2.45, 2.75) is 13.8 Å². The summed E-state index contributed by atoms with van der Waals surface area (Å²) in [6.45, 7) is 2.18. The molecule has 6 aromatic rings. The molecular formula is C42H36O4P2Ru. The van der Waals surface area contributed by atoms with E-state index in [4.69, 9.17) is 0 Å². The zero-order valence-electron chi connectivity index (χ0n) is 27.2. The molecule has 0 aliphatic carbocycles. The number of Topliss-reactive ketones (excluding diaryl/α,β-unsaturated/α-hetero) is 2. The van der Waals surface area contributed by atoms with Gasteiger partial charge in [-0.2, -0.15) is 0 Å². The molecule has 0 aromatic heterocycles. The zero-order chi connectivity index (χ0) is 34.8. The van der Waals surface area contributed by atoms with Gasteiger partial charge in [-0.25, -0.2) is 0 Å². The molecule has 0 aliphatic rings. The Morgan fingerprint density at radius 2 is 0.490 bits per heavy atom. The number of carbonyl (C=O) groups is 4. The maximum Gasteiger partial charge on any atom is -0.0134 e. The Morgan fingerprint density at radius 1 is 0.327 bits per heavy atom. The van der Waals surface area contributed by atoms with Gasteiger partial charge in [0.05, 0.1) is 0 Å². The summed E-state index contributed by atoms with van der Waals surface area (Å²) in [5, 5.41) is 8.39. The van der Waals surface area contributed by atoms with E-state index in [1.54, 1.807) is 0 Å². The first-order valence-electron chi connectivity index (χ1n) is 15.5. The van der Waals surface area contributed by atoms with Crippen LogP contribution in [0.2, 0.25) is 0 Å². The fourth-order valence-electron chi connectivity index (χ4n) is 4.55. The van der Waals surface area contributed by atoms with Gasteiger partial charge in [0.15, 0.2) is 0 Å². The third-order valence-corrected chi connectivity index (χ3v) is 13.7. The molecule has 0 N–H and O–H groups in total. The molecule has 0 bridgehead atoms. The van der Waals surface area contributed by atoms with Crippen LogP contribution in [-0.2, 0) is 36.3 Å². The summed E-state index contributed by atoms with van der Waals surface area (Å²) in [6.07, 6.45) is 0. The van der Waals surface area contributed by atoms with Crippen LogP contribution >= 0.6 is 15.8 Å². The summed E-state index contributed by atoms with van der Waals surface area (Å²) in [6, 6.07) is 64.7. The largest absolute Gasteiger partial charge is 0.0622 e. The Labute approximate surface area is 298 Å². The molecular weight excluding hydrogens is 731 g/mol. The van der Waals surface area contributed by atoms with Crippen LogP contribution in [0.1, 0.15) is 13.8 Å².